The van der Waals surface area contributed by atoms with Gasteiger partial charge in [0.05, 0.1) is 8.07 Å². The third-order valence-corrected chi connectivity index (χ3v) is 14.1. The van der Waals surface area contributed by atoms with E-state index in [1.54, 1.807) is 0 Å². The highest BCUT2D eigenvalue weighted by atomic mass is 28.3. The van der Waals surface area contributed by atoms with E-state index in [-0.39, 0.29) is 0 Å². The number of hydrogen-bond donors (Lipinski definition) is 0. The highest BCUT2D eigenvalue weighted by molar-refractivity contribution is 6.88. The predicted molar refractivity (Wildman–Crippen MR) is 248 cm³/mol. The van der Waals surface area contributed by atoms with Crippen LogP contribution in [0.4, 0.5) is 0 Å². The summed E-state index contributed by atoms with van der Waals surface area (Å²) in [7, 11) is -1.47. The van der Waals surface area contributed by atoms with Crippen LogP contribution in [-0.2, 0) is 0 Å². The summed E-state index contributed by atoms with van der Waals surface area (Å²) >= 11 is 0. The van der Waals surface area contributed by atoms with E-state index in [4.69, 9.17) is 4.42 Å². The second kappa shape index (κ2) is 12.9. The fourth-order valence-corrected chi connectivity index (χ4v) is 10.3. The van der Waals surface area contributed by atoms with Gasteiger partial charge in [-0.15, -0.1) is 0 Å². The number of fused-ring (bicyclic) bond motifs is 7. The van der Waals surface area contributed by atoms with E-state index in [1.165, 1.54) is 87.2 Å². The minimum atomic E-state index is -1.47. The topological polar surface area (TPSA) is 13.1 Å². The first-order valence-corrected chi connectivity index (χ1v) is 23.4. The Balaban J connectivity index is 1.17. The molecule has 0 atom stereocenters. The molecule has 0 aliphatic heterocycles. The van der Waals surface area contributed by atoms with Crippen LogP contribution in [0.5, 0.6) is 0 Å². The van der Waals surface area contributed by atoms with E-state index in [0.717, 1.165) is 27.5 Å². The van der Waals surface area contributed by atoms with Gasteiger partial charge in [0.15, 0.2) is 0 Å². The average Bonchev–Trinajstić information content (AvgIpc) is 3.62. The third-order valence-electron chi connectivity index (χ3n) is 12.0. The molecule has 0 spiro atoms. The molecule has 0 amide bonds. The normalized spacial score (nSPS) is 12.1. The quantitative estimate of drug-likeness (QED) is 0.126. The second-order valence-corrected chi connectivity index (χ2v) is 21.5. The van der Waals surface area contributed by atoms with Crippen molar-refractivity contribution < 1.29 is 4.42 Å². The van der Waals surface area contributed by atoms with E-state index < -0.39 is 8.07 Å². The van der Waals surface area contributed by atoms with Gasteiger partial charge in [-0.25, -0.2) is 0 Å². The Morgan fingerprint density at radius 1 is 0.333 bits per heavy atom. The molecule has 1 heterocycles. The summed E-state index contributed by atoms with van der Waals surface area (Å²) in [5, 5.41) is 13.6. The van der Waals surface area contributed by atoms with Crippen molar-refractivity contribution in [3.05, 3.63) is 188 Å². The highest BCUT2D eigenvalue weighted by Gasteiger charge is 2.22. The van der Waals surface area contributed by atoms with Crippen LogP contribution in [0.1, 0.15) is 0 Å². The molecule has 0 saturated carbocycles. The Morgan fingerprint density at radius 3 is 1.63 bits per heavy atom. The van der Waals surface area contributed by atoms with Gasteiger partial charge in [-0.05, 0) is 94.7 Å². The molecule has 0 unspecified atom stereocenters. The Bertz CT molecular complexity index is 3360. The fraction of sp³-hybridized carbons (Fsp3) is 0.0545. The number of para-hydroxylation sites is 1. The molecule has 10 aromatic carbocycles. The van der Waals surface area contributed by atoms with Gasteiger partial charge in [0.2, 0.25) is 0 Å². The van der Waals surface area contributed by atoms with Gasteiger partial charge >= 0.3 is 0 Å². The van der Waals surface area contributed by atoms with Gasteiger partial charge in [0.25, 0.3) is 0 Å². The van der Waals surface area contributed by atoms with Gasteiger partial charge in [0.1, 0.15) is 11.2 Å². The molecule has 1 nitrogen and oxygen atoms in total. The van der Waals surface area contributed by atoms with Crippen LogP contribution < -0.4 is 5.19 Å². The Morgan fingerprint density at radius 2 is 0.877 bits per heavy atom. The van der Waals surface area contributed by atoms with Crippen molar-refractivity contribution in [1.82, 2.24) is 0 Å². The van der Waals surface area contributed by atoms with E-state index in [2.05, 4.69) is 208 Å². The molecule has 270 valence electrons. The molecular weight excluding hydrogens is 705 g/mol. The fourth-order valence-electron chi connectivity index (χ4n) is 9.10. The lowest BCUT2D eigenvalue weighted by Gasteiger charge is -2.20. The zero-order valence-corrected chi connectivity index (χ0v) is 33.3. The standard InChI is InChI=1S/C55H40OSi/c1-57(2,3)42-29-26-38(27-30-42)53-45-17-8-9-18-46(45)54(49-21-11-20-48-50-32-39-13-4-5-14-40(39)34-52(50)56-55(48)49)51-33-41(28-31-47(51)53)35-22-24-37(25-23-35)44-19-10-15-36-12-6-7-16-43(36)44/h4-34H,1-3H3. The number of hydrogen-bond acceptors (Lipinski definition) is 1. The molecule has 0 aliphatic carbocycles. The van der Waals surface area contributed by atoms with Gasteiger partial charge in [-0.3, -0.25) is 0 Å². The summed E-state index contributed by atoms with van der Waals surface area (Å²) in [5.41, 5.74) is 11.5. The summed E-state index contributed by atoms with van der Waals surface area (Å²) in [4.78, 5) is 0. The smallest absolute Gasteiger partial charge is 0.143 e. The van der Waals surface area contributed by atoms with Crippen molar-refractivity contribution in [2.24, 2.45) is 0 Å². The summed E-state index contributed by atoms with van der Waals surface area (Å²) in [5.74, 6) is 0. The Labute approximate surface area is 333 Å². The zero-order valence-electron chi connectivity index (χ0n) is 32.3. The van der Waals surface area contributed by atoms with Crippen molar-refractivity contribution in [3.8, 4) is 44.5 Å². The molecule has 0 radical (unpaired) electrons. The SMILES string of the molecule is C[Si](C)(C)c1ccc(-c2c3ccccc3c(-c3cccc4c3oc3cc5ccccc5cc34)c3cc(-c4ccc(-c5cccc6ccccc56)cc4)ccc23)cc1. The maximum Gasteiger partial charge on any atom is 0.143 e. The van der Waals surface area contributed by atoms with Crippen molar-refractivity contribution in [1.29, 1.82) is 0 Å². The van der Waals surface area contributed by atoms with Crippen LogP contribution in [0.25, 0.3) is 110 Å². The van der Waals surface area contributed by atoms with E-state index in [9.17, 15) is 0 Å². The van der Waals surface area contributed by atoms with E-state index in [0.29, 0.717) is 0 Å². The number of benzene rings is 10. The van der Waals surface area contributed by atoms with Crippen LogP contribution in [0, 0.1) is 0 Å². The molecule has 57 heavy (non-hydrogen) atoms. The van der Waals surface area contributed by atoms with Crippen molar-refractivity contribution in [2.75, 3.05) is 0 Å². The molecule has 0 aliphatic rings. The van der Waals surface area contributed by atoms with Crippen LogP contribution in [-0.4, -0.2) is 8.07 Å². The molecule has 11 rings (SSSR count). The first-order valence-electron chi connectivity index (χ1n) is 19.9. The molecule has 0 fully saturated rings. The lowest BCUT2D eigenvalue weighted by atomic mass is 9.84. The lowest BCUT2D eigenvalue weighted by molar-refractivity contribution is 0.670. The van der Waals surface area contributed by atoms with Crippen LogP contribution in [0.3, 0.4) is 0 Å². The largest absolute Gasteiger partial charge is 0.455 e. The van der Waals surface area contributed by atoms with Gasteiger partial charge < -0.3 is 4.42 Å². The molecule has 0 N–H and O–H groups in total. The van der Waals surface area contributed by atoms with Crippen molar-refractivity contribution in [2.45, 2.75) is 19.6 Å². The van der Waals surface area contributed by atoms with Crippen LogP contribution in [0.2, 0.25) is 19.6 Å². The minimum Gasteiger partial charge on any atom is -0.455 e. The summed E-state index contributed by atoms with van der Waals surface area (Å²) in [6.45, 7) is 7.25. The van der Waals surface area contributed by atoms with E-state index in [1.807, 2.05) is 0 Å². The monoisotopic (exact) mass is 744 g/mol. The summed E-state index contributed by atoms with van der Waals surface area (Å²) in [6, 6.07) is 69.4. The van der Waals surface area contributed by atoms with Gasteiger partial charge in [0, 0.05) is 21.9 Å². The van der Waals surface area contributed by atoms with Gasteiger partial charge in [-0.1, -0.05) is 195 Å². The van der Waals surface area contributed by atoms with Crippen molar-refractivity contribution in [3.63, 3.8) is 0 Å². The maximum atomic E-state index is 6.91. The van der Waals surface area contributed by atoms with Crippen LogP contribution in [0.15, 0.2) is 192 Å². The first-order chi connectivity index (χ1) is 27.9. The first kappa shape index (κ1) is 33.6. The minimum absolute atomic E-state index is 0.913. The van der Waals surface area contributed by atoms with Crippen molar-refractivity contribution >= 4 is 78.3 Å². The predicted octanol–water partition coefficient (Wildman–Crippen LogP) is 15.4. The lowest BCUT2D eigenvalue weighted by Crippen LogP contribution is -2.37. The highest BCUT2D eigenvalue weighted by Crippen LogP contribution is 2.47. The molecule has 11 aromatic rings. The summed E-state index contributed by atoms with van der Waals surface area (Å²) < 4.78 is 6.91. The summed E-state index contributed by atoms with van der Waals surface area (Å²) in [6.07, 6.45) is 0. The molecule has 2 heteroatoms. The molecule has 0 saturated heterocycles. The molecule has 1 aromatic heterocycles. The molecule has 0 bridgehead atoms. The van der Waals surface area contributed by atoms with Gasteiger partial charge in [-0.2, -0.15) is 0 Å². The van der Waals surface area contributed by atoms with Crippen LogP contribution >= 0.6 is 0 Å². The van der Waals surface area contributed by atoms with E-state index >= 15 is 0 Å². The number of furan rings is 1. The zero-order chi connectivity index (χ0) is 38.3. The Hall–Kier alpha value is -6.74. The number of rotatable bonds is 5. The molecular formula is C55H40OSi. The average molecular weight is 745 g/mol. The Kier molecular flexibility index (Phi) is 7.61. The third kappa shape index (κ3) is 5.51. The maximum absolute atomic E-state index is 6.91. The second-order valence-electron chi connectivity index (χ2n) is 16.5.